The van der Waals surface area contributed by atoms with Gasteiger partial charge < -0.3 is 15.1 Å². The van der Waals surface area contributed by atoms with Crippen molar-refractivity contribution in [3.05, 3.63) is 60.2 Å². The molecule has 0 amide bonds. The average Bonchev–Trinajstić information content (AvgIpc) is 2.68. The molecule has 2 bridgehead atoms. The summed E-state index contributed by atoms with van der Waals surface area (Å²) >= 11 is 0. The van der Waals surface area contributed by atoms with Crippen molar-refractivity contribution >= 4 is 10.9 Å². The number of benzene rings is 2. The normalized spacial score (nSPS) is 27.7. The van der Waals surface area contributed by atoms with Crippen LogP contribution in [0.3, 0.4) is 0 Å². The summed E-state index contributed by atoms with van der Waals surface area (Å²) in [4.78, 5) is 7.07. The Morgan fingerprint density at radius 2 is 1.73 bits per heavy atom. The van der Waals surface area contributed by atoms with Crippen LogP contribution in [-0.2, 0) is 5.60 Å². The summed E-state index contributed by atoms with van der Waals surface area (Å²) in [6.07, 6.45) is 2.16. The second kappa shape index (κ2) is 5.79. The lowest BCUT2D eigenvalue weighted by Gasteiger charge is -2.50. The van der Waals surface area contributed by atoms with Gasteiger partial charge in [0.05, 0.1) is 11.2 Å². The van der Waals surface area contributed by atoms with Gasteiger partial charge in [0.2, 0.25) is 0 Å². The van der Waals surface area contributed by atoms with Gasteiger partial charge in [0, 0.05) is 17.5 Å². The van der Waals surface area contributed by atoms with E-state index >= 15 is 0 Å². The first-order valence-electron chi connectivity index (χ1n) is 9.27. The summed E-state index contributed by atoms with van der Waals surface area (Å²) in [5, 5.41) is 21.8. The van der Waals surface area contributed by atoms with Crippen LogP contribution in [0.4, 0.5) is 0 Å². The van der Waals surface area contributed by atoms with Crippen LogP contribution in [0.1, 0.15) is 18.4 Å². The number of hydrogen-bond donors (Lipinski definition) is 2. The first-order chi connectivity index (χ1) is 12.6. The quantitative estimate of drug-likeness (QED) is 0.745. The minimum atomic E-state index is -0.719. The number of aromatic hydroxyl groups is 1. The Balaban J connectivity index is 1.47. The van der Waals surface area contributed by atoms with E-state index < -0.39 is 5.60 Å². The van der Waals surface area contributed by atoms with Crippen LogP contribution in [0.15, 0.2) is 54.6 Å². The number of piperidine rings is 3. The Labute approximate surface area is 152 Å². The Bertz CT molecular complexity index is 962. The first kappa shape index (κ1) is 15.8. The Kier molecular flexibility index (Phi) is 3.52. The molecule has 1 aromatic heterocycles. The molecule has 0 spiro atoms. The number of hydrogen-bond acceptors (Lipinski definition) is 4. The molecular weight excluding hydrogens is 324 g/mol. The fourth-order valence-corrected chi connectivity index (χ4v) is 4.57. The highest BCUT2D eigenvalue weighted by Crippen LogP contribution is 2.42. The summed E-state index contributed by atoms with van der Waals surface area (Å²) < 4.78 is 0. The number of fused-ring (bicyclic) bond motifs is 4. The van der Waals surface area contributed by atoms with Crippen LogP contribution < -0.4 is 0 Å². The number of rotatable bonds is 2. The molecule has 6 rings (SSSR count). The molecule has 132 valence electrons. The predicted molar refractivity (Wildman–Crippen MR) is 102 cm³/mol. The zero-order valence-corrected chi connectivity index (χ0v) is 14.6. The summed E-state index contributed by atoms with van der Waals surface area (Å²) in [6.45, 7) is 2.97. The highest BCUT2D eigenvalue weighted by atomic mass is 16.3. The largest absolute Gasteiger partial charge is 0.508 e. The second-order valence-corrected chi connectivity index (χ2v) is 7.63. The van der Waals surface area contributed by atoms with Gasteiger partial charge in [0.1, 0.15) is 11.4 Å². The molecule has 0 radical (unpaired) electrons. The maximum absolute atomic E-state index is 11.3. The number of aromatic nitrogens is 1. The van der Waals surface area contributed by atoms with Gasteiger partial charge in [-0.3, -0.25) is 0 Å². The van der Waals surface area contributed by atoms with Gasteiger partial charge in [-0.25, -0.2) is 4.98 Å². The van der Waals surface area contributed by atoms with Gasteiger partial charge in [-0.05, 0) is 61.7 Å². The molecule has 1 unspecified atom stereocenters. The van der Waals surface area contributed by atoms with Crippen LogP contribution in [0.25, 0.3) is 22.2 Å². The van der Waals surface area contributed by atoms with E-state index in [0.29, 0.717) is 5.92 Å². The third-order valence-corrected chi connectivity index (χ3v) is 6.08. The molecule has 3 fully saturated rings. The number of pyridine rings is 1. The van der Waals surface area contributed by atoms with Gasteiger partial charge in [-0.1, -0.05) is 30.3 Å². The Hall–Kier alpha value is -2.43. The molecule has 2 aromatic carbocycles. The van der Waals surface area contributed by atoms with E-state index in [1.807, 2.05) is 18.2 Å². The fraction of sp³-hybridized carbons (Fsp3) is 0.318. The van der Waals surface area contributed by atoms with Crippen molar-refractivity contribution in [1.29, 1.82) is 0 Å². The molecule has 3 saturated heterocycles. The van der Waals surface area contributed by atoms with E-state index in [4.69, 9.17) is 4.98 Å². The number of nitrogens with zero attached hydrogens (tertiary/aromatic N) is 2. The van der Waals surface area contributed by atoms with Gasteiger partial charge in [0.15, 0.2) is 0 Å². The lowest BCUT2D eigenvalue weighted by molar-refractivity contribution is -0.117. The van der Waals surface area contributed by atoms with Crippen molar-refractivity contribution in [2.45, 2.75) is 18.4 Å². The van der Waals surface area contributed by atoms with E-state index in [0.717, 1.165) is 60.2 Å². The summed E-state index contributed by atoms with van der Waals surface area (Å²) in [5.74, 6) is 0.618. The SMILES string of the molecule is Oc1ccc2nc(-c3ccc(C4(O)CN5CCC4CC5)cc3)ccc2c1. The van der Waals surface area contributed by atoms with Crippen LogP contribution in [0.5, 0.6) is 5.75 Å². The maximum Gasteiger partial charge on any atom is 0.116 e. The van der Waals surface area contributed by atoms with E-state index in [2.05, 4.69) is 29.2 Å². The standard InChI is InChI=1S/C22H22N2O2/c25-19-6-8-21-16(13-19)3-7-20(23-21)15-1-4-17(5-2-15)22(26)14-24-11-9-18(22)10-12-24/h1-8,13,18,25-26H,9-12,14H2. The minimum Gasteiger partial charge on any atom is -0.508 e. The zero-order chi connectivity index (χ0) is 17.7. The van der Waals surface area contributed by atoms with Crippen LogP contribution in [-0.4, -0.2) is 39.7 Å². The number of aliphatic hydroxyl groups is 1. The minimum absolute atomic E-state index is 0.252. The number of phenolic OH excluding ortho intramolecular Hbond substituents is 1. The average molecular weight is 346 g/mol. The highest BCUT2D eigenvalue weighted by Gasteiger charge is 2.46. The summed E-state index contributed by atoms with van der Waals surface area (Å²) in [6, 6.07) is 17.4. The van der Waals surface area contributed by atoms with Crippen molar-refractivity contribution in [2.24, 2.45) is 5.92 Å². The monoisotopic (exact) mass is 346 g/mol. The summed E-state index contributed by atoms with van der Waals surface area (Å²) in [7, 11) is 0. The third kappa shape index (κ3) is 2.49. The zero-order valence-electron chi connectivity index (χ0n) is 14.6. The van der Waals surface area contributed by atoms with E-state index in [1.165, 1.54) is 0 Å². The van der Waals surface area contributed by atoms with Gasteiger partial charge in [-0.15, -0.1) is 0 Å². The second-order valence-electron chi connectivity index (χ2n) is 7.63. The van der Waals surface area contributed by atoms with Gasteiger partial charge in [0.25, 0.3) is 0 Å². The molecular formula is C22H22N2O2. The molecule has 4 heteroatoms. The van der Waals surface area contributed by atoms with Crippen LogP contribution >= 0.6 is 0 Å². The van der Waals surface area contributed by atoms with E-state index in [-0.39, 0.29) is 5.75 Å². The van der Waals surface area contributed by atoms with E-state index in [9.17, 15) is 10.2 Å². The smallest absolute Gasteiger partial charge is 0.116 e. The molecule has 3 aliphatic heterocycles. The highest BCUT2D eigenvalue weighted by molar-refractivity contribution is 5.82. The van der Waals surface area contributed by atoms with Crippen molar-refractivity contribution in [1.82, 2.24) is 9.88 Å². The van der Waals surface area contributed by atoms with Crippen molar-refractivity contribution in [3.63, 3.8) is 0 Å². The molecule has 4 nitrogen and oxygen atoms in total. The molecule has 2 N–H and O–H groups in total. The molecule has 26 heavy (non-hydrogen) atoms. The van der Waals surface area contributed by atoms with Crippen molar-refractivity contribution in [3.8, 4) is 17.0 Å². The van der Waals surface area contributed by atoms with Crippen molar-refractivity contribution < 1.29 is 10.2 Å². The maximum atomic E-state index is 11.3. The molecule has 4 heterocycles. The fourth-order valence-electron chi connectivity index (χ4n) is 4.57. The molecule has 0 saturated carbocycles. The lowest BCUT2D eigenvalue weighted by atomic mass is 9.71. The predicted octanol–water partition coefficient (Wildman–Crippen LogP) is 3.52. The van der Waals surface area contributed by atoms with Gasteiger partial charge in [-0.2, -0.15) is 0 Å². The first-order valence-corrected chi connectivity index (χ1v) is 9.27. The van der Waals surface area contributed by atoms with Gasteiger partial charge >= 0.3 is 0 Å². The summed E-state index contributed by atoms with van der Waals surface area (Å²) in [5.41, 5.74) is 3.09. The molecule has 0 aliphatic carbocycles. The molecule has 3 aromatic rings. The Morgan fingerprint density at radius 3 is 2.42 bits per heavy atom. The van der Waals surface area contributed by atoms with Crippen molar-refractivity contribution in [2.75, 3.05) is 19.6 Å². The topological polar surface area (TPSA) is 56.6 Å². The number of phenols is 1. The van der Waals surface area contributed by atoms with E-state index in [1.54, 1.807) is 12.1 Å². The Morgan fingerprint density at radius 1 is 0.962 bits per heavy atom. The lowest BCUT2D eigenvalue weighted by Crippen LogP contribution is -2.57. The molecule has 3 aliphatic rings. The van der Waals surface area contributed by atoms with Crippen LogP contribution in [0, 0.1) is 5.92 Å². The van der Waals surface area contributed by atoms with Crippen LogP contribution in [0.2, 0.25) is 0 Å². The third-order valence-electron chi connectivity index (χ3n) is 6.08. The molecule has 1 atom stereocenters.